The van der Waals surface area contributed by atoms with E-state index in [4.69, 9.17) is 22.2 Å². The molecule has 0 saturated heterocycles. The van der Waals surface area contributed by atoms with Gasteiger partial charge in [0, 0.05) is 38.6 Å². The average Bonchev–Trinajstić information content (AvgIpc) is 2.82. The first-order valence-electron chi connectivity index (χ1n) is 12.3. The molecular formula is C25H38N6S. The molecule has 0 spiro atoms. The Balaban J connectivity index is 1.21. The molecule has 0 atom stereocenters. The third-order valence-electron chi connectivity index (χ3n) is 7.01. The Morgan fingerprint density at radius 3 is 2.25 bits per heavy atom. The predicted octanol–water partition coefficient (Wildman–Crippen LogP) is 4.71. The van der Waals surface area contributed by atoms with Crippen molar-refractivity contribution in [3.63, 3.8) is 0 Å². The van der Waals surface area contributed by atoms with E-state index in [1.54, 1.807) is 0 Å². The van der Waals surface area contributed by atoms with E-state index in [9.17, 15) is 0 Å². The lowest BCUT2D eigenvalue weighted by atomic mass is 9.86. The van der Waals surface area contributed by atoms with E-state index in [0.717, 1.165) is 59.6 Å². The summed E-state index contributed by atoms with van der Waals surface area (Å²) in [4.78, 5) is 11.6. The van der Waals surface area contributed by atoms with Crippen LogP contribution in [0, 0.1) is 11.8 Å². The lowest BCUT2D eigenvalue weighted by Crippen LogP contribution is -2.41. The first kappa shape index (κ1) is 23.0. The Morgan fingerprint density at radius 2 is 1.56 bits per heavy atom. The monoisotopic (exact) mass is 454 g/mol. The van der Waals surface area contributed by atoms with Crippen molar-refractivity contribution < 1.29 is 0 Å². The zero-order chi connectivity index (χ0) is 22.3. The minimum Gasteiger partial charge on any atom is -0.362 e. The van der Waals surface area contributed by atoms with Crippen LogP contribution >= 0.6 is 12.2 Å². The van der Waals surface area contributed by atoms with E-state index < -0.39 is 0 Å². The summed E-state index contributed by atoms with van der Waals surface area (Å²) in [5, 5.41) is 12.4. The topological polar surface area (TPSA) is 65.1 Å². The second-order valence-corrected chi connectivity index (χ2v) is 10.1. The summed E-state index contributed by atoms with van der Waals surface area (Å²) >= 11 is 5.52. The Bertz CT molecular complexity index is 887. The molecule has 2 aliphatic rings. The number of hydrogen-bond donors (Lipinski definition) is 3. The summed E-state index contributed by atoms with van der Waals surface area (Å²) < 4.78 is 0. The lowest BCUT2D eigenvalue weighted by Gasteiger charge is -2.30. The molecule has 174 valence electrons. The molecule has 6 nitrogen and oxygen atoms in total. The Kier molecular flexibility index (Phi) is 8.00. The van der Waals surface area contributed by atoms with Crippen molar-refractivity contribution in [1.29, 1.82) is 0 Å². The molecule has 1 aromatic carbocycles. The number of thiocarbonyl (C=S) groups is 1. The van der Waals surface area contributed by atoms with E-state index >= 15 is 0 Å². The fourth-order valence-corrected chi connectivity index (χ4v) is 5.25. The largest absolute Gasteiger partial charge is 0.362 e. The molecule has 0 aliphatic heterocycles. The van der Waals surface area contributed by atoms with Gasteiger partial charge in [-0.05, 0) is 74.7 Å². The molecule has 32 heavy (non-hydrogen) atoms. The van der Waals surface area contributed by atoms with Crippen LogP contribution in [0.2, 0.25) is 0 Å². The van der Waals surface area contributed by atoms with Crippen molar-refractivity contribution in [1.82, 2.24) is 20.6 Å². The number of anilines is 2. The third kappa shape index (κ3) is 6.21. The first-order valence-corrected chi connectivity index (χ1v) is 12.7. The number of rotatable bonds is 7. The van der Waals surface area contributed by atoms with Crippen LogP contribution in [0.25, 0.3) is 10.9 Å². The molecule has 4 rings (SSSR count). The van der Waals surface area contributed by atoms with Crippen LogP contribution < -0.4 is 20.9 Å². The molecule has 0 bridgehead atoms. The van der Waals surface area contributed by atoms with Crippen molar-refractivity contribution >= 4 is 40.0 Å². The highest BCUT2D eigenvalue weighted by atomic mass is 32.1. The maximum absolute atomic E-state index is 5.52. The molecule has 0 unspecified atom stereocenters. The minimum atomic E-state index is 0.429. The zero-order valence-corrected chi connectivity index (χ0v) is 20.4. The molecule has 0 radical (unpaired) electrons. The number of nitrogens with zero attached hydrogens (tertiary/aromatic N) is 3. The van der Waals surface area contributed by atoms with E-state index in [1.165, 1.54) is 44.9 Å². The Labute approximate surface area is 198 Å². The van der Waals surface area contributed by atoms with Gasteiger partial charge >= 0.3 is 0 Å². The van der Waals surface area contributed by atoms with E-state index in [1.807, 2.05) is 26.2 Å². The van der Waals surface area contributed by atoms with Crippen molar-refractivity contribution in [2.75, 3.05) is 37.4 Å². The second-order valence-electron chi connectivity index (χ2n) is 9.74. The second kappa shape index (κ2) is 11.1. The van der Waals surface area contributed by atoms with Gasteiger partial charge < -0.3 is 20.9 Å². The maximum Gasteiger partial charge on any atom is 0.225 e. The molecule has 7 heteroatoms. The molecular weight excluding hydrogens is 416 g/mol. The van der Waals surface area contributed by atoms with Gasteiger partial charge in [-0.25, -0.2) is 4.98 Å². The number of fused-ring (bicyclic) bond motifs is 1. The summed E-state index contributed by atoms with van der Waals surface area (Å²) in [7, 11) is 4.07. The number of para-hydroxylation sites is 1. The van der Waals surface area contributed by atoms with Crippen molar-refractivity contribution in [3.8, 4) is 0 Å². The SMILES string of the molecule is CN(C)c1nc(NC2CCC(CNC(=S)NCC3CCCCC3)CC2)nc2ccccc12. The molecule has 2 aliphatic carbocycles. The van der Waals surface area contributed by atoms with Crippen LogP contribution in [0.5, 0.6) is 0 Å². The molecule has 0 amide bonds. The van der Waals surface area contributed by atoms with Crippen LogP contribution in [0.4, 0.5) is 11.8 Å². The average molecular weight is 455 g/mol. The van der Waals surface area contributed by atoms with Crippen molar-refractivity contribution in [2.24, 2.45) is 11.8 Å². The lowest BCUT2D eigenvalue weighted by molar-refractivity contribution is 0.334. The van der Waals surface area contributed by atoms with Crippen LogP contribution in [0.1, 0.15) is 57.8 Å². The van der Waals surface area contributed by atoms with Gasteiger partial charge in [-0.3, -0.25) is 0 Å². The number of nitrogens with one attached hydrogen (secondary N) is 3. The number of benzene rings is 1. The van der Waals surface area contributed by atoms with Gasteiger partial charge in [0.2, 0.25) is 5.95 Å². The maximum atomic E-state index is 5.52. The number of aromatic nitrogens is 2. The van der Waals surface area contributed by atoms with E-state index in [2.05, 4.69) is 33.0 Å². The van der Waals surface area contributed by atoms with Crippen molar-refractivity contribution in [2.45, 2.75) is 63.8 Å². The quantitative estimate of drug-likeness (QED) is 0.524. The molecule has 1 heterocycles. The van der Waals surface area contributed by atoms with Crippen LogP contribution in [0.15, 0.2) is 24.3 Å². The molecule has 2 aromatic rings. The fourth-order valence-electron chi connectivity index (χ4n) is 5.09. The van der Waals surface area contributed by atoms with Gasteiger partial charge in [0.1, 0.15) is 5.82 Å². The fraction of sp³-hybridized carbons (Fsp3) is 0.640. The first-order chi connectivity index (χ1) is 15.6. The highest BCUT2D eigenvalue weighted by Crippen LogP contribution is 2.28. The van der Waals surface area contributed by atoms with Crippen LogP contribution in [0.3, 0.4) is 0 Å². The summed E-state index contributed by atoms with van der Waals surface area (Å²) in [5.74, 6) is 3.18. The van der Waals surface area contributed by atoms with Gasteiger partial charge in [0.05, 0.1) is 5.52 Å². The van der Waals surface area contributed by atoms with Gasteiger partial charge in [-0.1, -0.05) is 31.4 Å². The standard InChI is InChI=1S/C25H38N6S/c1-31(2)23-21-10-6-7-11-22(21)29-24(30-23)28-20-14-12-19(13-15-20)17-27-25(32)26-16-18-8-4-3-5-9-18/h6-7,10-11,18-20H,3-5,8-9,12-17H2,1-2H3,(H2,26,27,32)(H,28,29,30). The zero-order valence-electron chi connectivity index (χ0n) is 19.6. The summed E-state index contributed by atoms with van der Waals surface area (Å²) in [6.07, 6.45) is 11.5. The normalized spacial score (nSPS) is 21.8. The van der Waals surface area contributed by atoms with Crippen molar-refractivity contribution in [3.05, 3.63) is 24.3 Å². The molecule has 3 N–H and O–H groups in total. The predicted molar refractivity (Wildman–Crippen MR) is 138 cm³/mol. The Morgan fingerprint density at radius 1 is 0.906 bits per heavy atom. The highest BCUT2D eigenvalue weighted by molar-refractivity contribution is 7.80. The smallest absolute Gasteiger partial charge is 0.225 e. The third-order valence-corrected chi connectivity index (χ3v) is 7.30. The van der Waals surface area contributed by atoms with Gasteiger partial charge in [-0.2, -0.15) is 4.98 Å². The van der Waals surface area contributed by atoms with Gasteiger partial charge in [0.25, 0.3) is 0 Å². The molecule has 2 fully saturated rings. The van der Waals surface area contributed by atoms with Crippen LogP contribution in [-0.2, 0) is 0 Å². The minimum absolute atomic E-state index is 0.429. The van der Waals surface area contributed by atoms with E-state index in [-0.39, 0.29) is 0 Å². The molecule has 1 aromatic heterocycles. The summed E-state index contributed by atoms with van der Waals surface area (Å²) in [6, 6.07) is 8.65. The number of hydrogen-bond acceptors (Lipinski definition) is 5. The molecule has 2 saturated carbocycles. The van der Waals surface area contributed by atoms with E-state index in [0.29, 0.717) is 12.0 Å². The Hall–Kier alpha value is -2.15. The summed E-state index contributed by atoms with van der Waals surface area (Å²) in [6.45, 7) is 2.00. The van der Waals surface area contributed by atoms with Crippen LogP contribution in [-0.4, -0.2) is 48.3 Å². The van der Waals surface area contributed by atoms with Gasteiger partial charge in [-0.15, -0.1) is 0 Å². The van der Waals surface area contributed by atoms with Gasteiger partial charge in [0.15, 0.2) is 5.11 Å². The highest BCUT2D eigenvalue weighted by Gasteiger charge is 2.22. The summed E-state index contributed by atoms with van der Waals surface area (Å²) in [5.41, 5.74) is 0.987.